The highest BCUT2D eigenvalue weighted by Crippen LogP contribution is 2.30. The number of aromatic nitrogens is 2. The van der Waals surface area contributed by atoms with Gasteiger partial charge in [-0.25, -0.2) is 4.98 Å². The number of pyridine rings is 1. The van der Waals surface area contributed by atoms with E-state index in [-0.39, 0.29) is 12.2 Å². The number of halogens is 2. The quantitative estimate of drug-likeness (QED) is 0.765. The first kappa shape index (κ1) is 14.7. The van der Waals surface area contributed by atoms with Gasteiger partial charge in [-0.15, -0.1) is 0 Å². The van der Waals surface area contributed by atoms with Crippen molar-refractivity contribution in [1.82, 2.24) is 9.38 Å². The molecular weight excluding hydrogens is 327 g/mol. The Balaban J connectivity index is 2.30. The summed E-state index contributed by atoms with van der Waals surface area (Å²) in [6, 6.07) is 7.91. The molecule has 0 atom stereocenters. The first-order valence-electron chi connectivity index (χ1n) is 6.33. The van der Waals surface area contributed by atoms with Crippen molar-refractivity contribution < 1.29 is 15.0 Å². The topological polar surface area (TPSA) is 74.8 Å². The first-order chi connectivity index (χ1) is 10.5. The van der Waals surface area contributed by atoms with Crippen molar-refractivity contribution in [3.8, 4) is 17.0 Å². The summed E-state index contributed by atoms with van der Waals surface area (Å²) < 4.78 is 1.58. The van der Waals surface area contributed by atoms with Gasteiger partial charge < -0.3 is 14.6 Å². The van der Waals surface area contributed by atoms with Gasteiger partial charge in [-0.3, -0.25) is 4.79 Å². The highest BCUT2D eigenvalue weighted by atomic mass is 35.5. The number of fused-ring (bicyclic) bond motifs is 1. The van der Waals surface area contributed by atoms with Crippen molar-refractivity contribution >= 4 is 34.8 Å². The predicted molar refractivity (Wildman–Crippen MR) is 83.7 cm³/mol. The second-order valence-electron chi connectivity index (χ2n) is 4.72. The fourth-order valence-corrected chi connectivity index (χ4v) is 2.80. The maximum Gasteiger partial charge on any atom is 0.309 e. The Morgan fingerprint density at radius 1 is 1.23 bits per heavy atom. The van der Waals surface area contributed by atoms with Gasteiger partial charge in [0.25, 0.3) is 0 Å². The molecule has 3 rings (SSSR count). The van der Waals surface area contributed by atoms with Crippen LogP contribution >= 0.6 is 23.2 Å². The average Bonchev–Trinajstić information content (AvgIpc) is 2.78. The minimum absolute atomic E-state index is 0.119. The lowest BCUT2D eigenvalue weighted by atomic mass is 10.1. The molecule has 0 spiro atoms. The minimum Gasteiger partial charge on any atom is -0.508 e. The lowest BCUT2D eigenvalue weighted by Gasteiger charge is -2.04. The summed E-state index contributed by atoms with van der Waals surface area (Å²) in [6.45, 7) is 0. The molecule has 0 unspecified atom stereocenters. The van der Waals surface area contributed by atoms with Crippen molar-refractivity contribution in [2.24, 2.45) is 0 Å². The molecule has 0 amide bonds. The fourth-order valence-electron chi connectivity index (χ4n) is 2.28. The summed E-state index contributed by atoms with van der Waals surface area (Å²) in [7, 11) is 0. The molecule has 0 fully saturated rings. The zero-order valence-electron chi connectivity index (χ0n) is 11.1. The minimum atomic E-state index is -0.988. The monoisotopic (exact) mass is 336 g/mol. The standard InChI is InChI=1S/C15H10Cl2N2O3/c16-9-5-11(17)15-18-14(8-1-3-10(20)4-2-8)12(6-13(21)22)19(15)7-9/h1-5,7,20H,6H2,(H,21,22). The molecule has 0 bridgehead atoms. The van der Waals surface area contributed by atoms with Crippen LogP contribution in [0, 0.1) is 0 Å². The molecule has 0 aliphatic heterocycles. The number of carboxylic acid groups (broad SMARTS) is 1. The molecule has 2 N–H and O–H groups in total. The molecule has 0 radical (unpaired) electrons. The van der Waals surface area contributed by atoms with E-state index in [2.05, 4.69) is 4.98 Å². The number of nitrogens with zero attached hydrogens (tertiary/aromatic N) is 2. The third kappa shape index (κ3) is 2.61. The van der Waals surface area contributed by atoms with Gasteiger partial charge in [-0.1, -0.05) is 23.2 Å². The number of aliphatic carboxylic acids is 1. The molecule has 0 saturated heterocycles. The molecule has 22 heavy (non-hydrogen) atoms. The van der Waals surface area contributed by atoms with Crippen molar-refractivity contribution in [3.63, 3.8) is 0 Å². The molecule has 7 heteroatoms. The maximum absolute atomic E-state index is 11.2. The van der Waals surface area contributed by atoms with Gasteiger partial charge in [-0.05, 0) is 30.3 Å². The van der Waals surface area contributed by atoms with Crippen molar-refractivity contribution in [1.29, 1.82) is 0 Å². The Bertz CT molecular complexity index is 873. The lowest BCUT2D eigenvalue weighted by Crippen LogP contribution is -2.04. The second kappa shape index (κ2) is 5.51. The summed E-state index contributed by atoms with van der Waals surface area (Å²) >= 11 is 12.1. The number of imidazole rings is 1. The average molecular weight is 337 g/mol. The number of aromatic hydroxyl groups is 1. The Morgan fingerprint density at radius 3 is 2.55 bits per heavy atom. The fraction of sp³-hybridized carbons (Fsp3) is 0.0667. The Morgan fingerprint density at radius 2 is 1.91 bits per heavy atom. The Labute approximate surface area is 135 Å². The molecule has 5 nitrogen and oxygen atoms in total. The Kier molecular flexibility index (Phi) is 3.68. The zero-order valence-corrected chi connectivity index (χ0v) is 12.6. The maximum atomic E-state index is 11.2. The van der Waals surface area contributed by atoms with E-state index in [0.29, 0.717) is 32.6 Å². The van der Waals surface area contributed by atoms with Crippen LogP contribution in [-0.4, -0.2) is 25.6 Å². The Hall–Kier alpha value is -2.24. The predicted octanol–water partition coefficient (Wildman–Crippen LogP) is 3.64. The van der Waals surface area contributed by atoms with E-state index < -0.39 is 5.97 Å². The van der Waals surface area contributed by atoms with Crippen LogP contribution in [0.15, 0.2) is 36.5 Å². The number of phenolic OH excluding ortho intramolecular Hbond substituents is 1. The van der Waals surface area contributed by atoms with Gasteiger partial charge in [0, 0.05) is 11.8 Å². The van der Waals surface area contributed by atoms with Crippen molar-refractivity contribution in [2.75, 3.05) is 0 Å². The normalized spacial score (nSPS) is 11.0. The number of benzene rings is 1. The van der Waals surface area contributed by atoms with Crippen LogP contribution in [0.25, 0.3) is 16.9 Å². The largest absolute Gasteiger partial charge is 0.508 e. The zero-order chi connectivity index (χ0) is 15.9. The third-order valence-electron chi connectivity index (χ3n) is 3.20. The van der Waals surface area contributed by atoms with E-state index in [0.717, 1.165) is 0 Å². The summed E-state index contributed by atoms with van der Waals surface area (Å²) in [5.74, 6) is -0.869. The molecule has 2 heterocycles. The van der Waals surface area contributed by atoms with E-state index in [4.69, 9.17) is 28.3 Å². The van der Waals surface area contributed by atoms with Crippen LogP contribution < -0.4 is 0 Å². The van der Waals surface area contributed by atoms with Crippen LogP contribution in [0.5, 0.6) is 5.75 Å². The van der Waals surface area contributed by atoms with Crippen LogP contribution in [0.2, 0.25) is 10.0 Å². The number of rotatable bonds is 3. The van der Waals surface area contributed by atoms with Gasteiger partial charge in [0.2, 0.25) is 0 Å². The molecule has 0 aliphatic rings. The summed E-state index contributed by atoms with van der Waals surface area (Å²) in [5, 5.41) is 19.3. The molecule has 1 aromatic carbocycles. The molecule has 112 valence electrons. The number of carboxylic acids is 1. The highest BCUT2D eigenvalue weighted by molar-refractivity contribution is 6.36. The number of hydrogen-bond donors (Lipinski definition) is 2. The summed E-state index contributed by atoms with van der Waals surface area (Å²) in [6.07, 6.45) is 1.35. The molecule has 0 saturated carbocycles. The van der Waals surface area contributed by atoms with E-state index in [1.165, 1.54) is 12.1 Å². The second-order valence-corrected chi connectivity index (χ2v) is 5.57. The van der Waals surface area contributed by atoms with Crippen molar-refractivity contribution in [2.45, 2.75) is 6.42 Å². The van der Waals surface area contributed by atoms with E-state index in [9.17, 15) is 9.90 Å². The van der Waals surface area contributed by atoms with Crippen LogP contribution in [0.4, 0.5) is 0 Å². The van der Waals surface area contributed by atoms with Crippen LogP contribution in [0.1, 0.15) is 5.69 Å². The first-order valence-corrected chi connectivity index (χ1v) is 7.08. The lowest BCUT2D eigenvalue weighted by molar-refractivity contribution is -0.136. The van der Waals surface area contributed by atoms with Crippen LogP contribution in [0.3, 0.4) is 0 Å². The van der Waals surface area contributed by atoms with E-state index in [1.807, 2.05) is 0 Å². The van der Waals surface area contributed by atoms with E-state index >= 15 is 0 Å². The summed E-state index contributed by atoms with van der Waals surface area (Å²) in [5.41, 5.74) is 2.08. The summed E-state index contributed by atoms with van der Waals surface area (Å²) in [4.78, 5) is 15.6. The third-order valence-corrected chi connectivity index (χ3v) is 3.68. The van der Waals surface area contributed by atoms with Gasteiger partial charge in [0.15, 0.2) is 5.65 Å². The molecule has 2 aromatic heterocycles. The van der Waals surface area contributed by atoms with Crippen molar-refractivity contribution in [3.05, 3.63) is 52.3 Å². The van der Waals surface area contributed by atoms with Crippen LogP contribution in [-0.2, 0) is 11.2 Å². The SMILES string of the molecule is O=C(O)Cc1c(-c2ccc(O)cc2)nc2c(Cl)cc(Cl)cn12. The molecule has 0 aliphatic carbocycles. The van der Waals surface area contributed by atoms with Gasteiger partial charge >= 0.3 is 5.97 Å². The smallest absolute Gasteiger partial charge is 0.309 e. The van der Waals surface area contributed by atoms with Gasteiger partial charge in [0.1, 0.15) is 5.75 Å². The van der Waals surface area contributed by atoms with Gasteiger partial charge in [0.05, 0.1) is 27.9 Å². The number of carbonyl (C=O) groups is 1. The van der Waals surface area contributed by atoms with Gasteiger partial charge in [-0.2, -0.15) is 0 Å². The molecule has 3 aromatic rings. The molecular formula is C15H10Cl2N2O3. The number of hydrogen-bond acceptors (Lipinski definition) is 3. The number of phenols is 1. The van der Waals surface area contributed by atoms with E-state index in [1.54, 1.807) is 28.8 Å². The highest BCUT2D eigenvalue weighted by Gasteiger charge is 2.18.